The van der Waals surface area contributed by atoms with Crippen molar-refractivity contribution in [3.63, 3.8) is 0 Å². The molecular weight excluding hydrogens is 252 g/mol. The molecule has 1 heterocycles. The van der Waals surface area contributed by atoms with Crippen molar-refractivity contribution in [1.82, 2.24) is 10.3 Å². The van der Waals surface area contributed by atoms with Crippen LogP contribution in [0.25, 0.3) is 0 Å². The summed E-state index contributed by atoms with van der Waals surface area (Å²) in [4.78, 5) is 4.54. The largest absolute Gasteiger partial charge is 0.306 e. The summed E-state index contributed by atoms with van der Waals surface area (Å²) in [5.41, 5.74) is 1.47. The lowest BCUT2D eigenvalue weighted by Crippen LogP contribution is -2.41. The SMILES string of the molecule is CCCCCCC(C)(CCC)NCc1csc(C)n1. The van der Waals surface area contributed by atoms with E-state index in [2.05, 4.69) is 43.4 Å². The molecule has 0 aliphatic rings. The first-order valence-electron chi connectivity index (χ1n) is 7.75. The molecule has 0 radical (unpaired) electrons. The minimum Gasteiger partial charge on any atom is -0.306 e. The molecule has 19 heavy (non-hydrogen) atoms. The van der Waals surface area contributed by atoms with E-state index in [1.54, 1.807) is 11.3 Å². The lowest BCUT2D eigenvalue weighted by molar-refractivity contribution is 0.291. The molecule has 0 saturated carbocycles. The molecule has 0 aromatic carbocycles. The minimum absolute atomic E-state index is 0.278. The number of unbranched alkanes of at least 4 members (excludes halogenated alkanes) is 3. The van der Waals surface area contributed by atoms with Gasteiger partial charge in [-0.1, -0.05) is 46.0 Å². The van der Waals surface area contributed by atoms with Crippen LogP contribution in [0.15, 0.2) is 5.38 Å². The molecule has 110 valence electrons. The summed E-state index contributed by atoms with van der Waals surface area (Å²) in [6.45, 7) is 9.91. The molecule has 0 aliphatic carbocycles. The van der Waals surface area contributed by atoms with Gasteiger partial charge in [0.25, 0.3) is 0 Å². The van der Waals surface area contributed by atoms with Gasteiger partial charge < -0.3 is 5.32 Å². The number of aromatic nitrogens is 1. The van der Waals surface area contributed by atoms with Crippen LogP contribution in [0.2, 0.25) is 0 Å². The Balaban J connectivity index is 2.40. The van der Waals surface area contributed by atoms with Crippen LogP contribution < -0.4 is 5.32 Å². The molecule has 2 nitrogen and oxygen atoms in total. The molecule has 1 aromatic heterocycles. The summed E-state index contributed by atoms with van der Waals surface area (Å²) in [5.74, 6) is 0. The second kappa shape index (κ2) is 8.70. The minimum atomic E-state index is 0.278. The van der Waals surface area contributed by atoms with Gasteiger partial charge in [-0.3, -0.25) is 0 Å². The van der Waals surface area contributed by atoms with Gasteiger partial charge in [0.15, 0.2) is 0 Å². The Kier molecular flexibility index (Phi) is 7.62. The van der Waals surface area contributed by atoms with E-state index in [1.807, 2.05) is 0 Å². The zero-order valence-electron chi connectivity index (χ0n) is 13.1. The monoisotopic (exact) mass is 282 g/mol. The Morgan fingerprint density at radius 2 is 1.95 bits per heavy atom. The van der Waals surface area contributed by atoms with Gasteiger partial charge in [0.05, 0.1) is 10.7 Å². The van der Waals surface area contributed by atoms with Gasteiger partial charge in [-0.25, -0.2) is 4.98 Å². The van der Waals surface area contributed by atoms with Crippen molar-refractivity contribution in [2.24, 2.45) is 0 Å². The Bertz CT molecular complexity index is 348. The Labute approximate surface area is 123 Å². The van der Waals surface area contributed by atoms with Crippen LogP contribution in [-0.2, 0) is 6.54 Å². The second-order valence-electron chi connectivity index (χ2n) is 5.83. The molecule has 3 heteroatoms. The summed E-state index contributed by atoms with van der Waals surface area (Å²) in [6.07, 6.45) is 9.17. The van der Waals surface area contributed by atoms with E-state index in [0.29, 0.717) is 0 Å². The van der Waals surface area contributed by atoms with Crippen molar-refractivity contribution in [1.29, 1.82) is 0 Å². The van der Waals surface area contributed by atoms with Crippen LogP contribution in [0.4, 0.5) is 0 Å². The van der Waals surface area contributed by atoms with Crippen LogP contribution in [0.1, 0.15) is 76.4 Å². The third-order valence-corrected chi connectivity index (χ3v) is 4.57. The van der Waals surface area contributed by atoms with Crippen LogP contribution in [0.5, 0.6) is 0 Å². The zero-order valence-corrected chi connectivity index (χ0v) is 13.9. The number of thiazole rings is 1. The van der Waals surface area contributed by atoms with E-state index in [-0.39, 0.29) is 5.54 Å². The molecule has 1 unspecified atom stereocenters. The van der Waals surface area contributed by atoms with Gasteiger partial charge in [-0.2, -0.15) is 0 Å². The predicted octanol–water partition coefficient (Wildman–Crippen LogP) is 5.07. The summed E-state index contributed by atoms with van der Waals surface area (Å²) in [7, 11) is 0. The highest BCUT2D eigenvalue weighted by Gasteiger charge is 2.22. The summed E-state index contributed by atoms with van der Waals surface area (Å²) >= 11 is 1.74. The lowest BCUT2D eigenvalue weighted by Gasteiger charge is -2.31. The summed E-state index contributed by atoms with van der Waals surface area (Å²) in [6, 6.07) is 0. The number of rotatable bonds is 10. The lowest BCUT2D eigenvalue weighted by atomic mass is 9.89. The maximum absolute atomic E-state index is 4.54. The standard InChI is InChI=1S/C16H30N2S/c1-5-7-8-9-11-16(4,10-6-2)17-12-15-13-19-14(3)18-15/h13,17H,5-12H2,1-4H3. The fourth-order valence-electron chi connectivity index (χ4n) is 2.59. The highest BCUT2D eigenvalue weighted by Crippen LogP contribution is 2.22. The first kappa shape index (κ1) is 16.6. The molecule has 1 aromatic rings. The fourth-order valence-corrected chi connectivity index (χ4v) is 3.20. The van der Waals surface area contributed by atoms with Crippen molar-refractivity contribution in [3.8, 4) is 0 Å². The number of nitrogens with one attached hydrogen (secondary N) is 1. The number of nitrogens with zero attached hydrogens (tertiary/aromatic N) is 1. The number of hydrogen-bond donors (Lipinski definition) is 1. The molecule has 1 N–H and O–H groups in total. The van der Waals surface area contributed by atoms with Crippen molar-refractivity contribution < 1.29 is 0 Å². The molecule has 0 bridgehead atoms. The Hall–Kier alpha value is -0.410. The van der Waals surface area contributed by atoms with Crippen LogP contribution in [0, 0.1) is 6.92 Å². The van der Waals surface area contributed by atoms with E-state index < -0.39 is 0 Å². The third-order valence-electron chi connectivity index (χ3n) is 3.75. The third kappa shape index (κ3) is 6.53. The van der Waals surface area contributed by atoms with Crippen LogP contribution in [-0.4, -0.2) is 10.5 Å². The van der Waals surface area contributed by atoms with Crippen LogP contribution >= 0.6 is 11.3 Å². The first-order valence-corrected chi connectivity index (χ1v) is 8.63. The van der Waals surface area contributed by atoms with Crippen molar-refractivity contribution in [2.45, 2.75) is 84.7 Å². The van der Waals surface area contributed by atoms with Crippen molar-refractivity contribution in [2.75, 3.05) is 0 Å². The first-order chi connectivity index (χ1) is 9.09. The molecule has 0 spiro atoms. The molecule has 1 atom stereocenters. The molecule has 1 rings (SSSR count). The van der Waals surface area contributed by atoms with Gasteiger partial charge in [0, 0.05) is 17.5 Å². The van der Waals surface area contributed by atoms with E-state index in [9.17, 15) is 0 Å². The molecule has 0 amide bonds. The van der Waals surface area contributed by atoms with Gasteiger partial charge >= 0.3 is 0 Å². The van der Waals surface area contributed by atoms with Crippen LogP contribution in [0.3, 0.4) is 0 Å². The average Bonchev–Trinajstić information content (AvgIpc) is 2.79. The summed E-state index contributed by atoms with van der Waals surface area (Å²) < 4.78 is 0. The van der Waals surface area contributed by atoms with E-state index in [0.717, 1.165) is 11.6 Å². The van der Waals surface area contributed by atoms with E-state index in [1.165, 1.54) is 50.6 Å². The molecule has 0 fully saturated rings. The quantitative estimate of drug-likeness (QED) is 0.606. The Morgan fingerprint density at radius 3 is 2.53 bits per heavy atom. The van der Waals surface area contributed by atoms with Gasteiger partial charge in [-0.15, -0.1) is 11.3 Å². The maximum Gasteiger partial charge on any atom is 0.0897 e. The topological polar surface area (TPSA) is 24.9 Å². The summed E-state index contributed by atoms with van der Waals surface area (Å²) in [5, 5.41) is 7.08. The van der Waals surface area contributed by atoms with Gasteiger partial charge in [0.2, 0.25) is 0 Å². The molecule has 0 saturated heterocycles. The number of hydrogen-bond acceptors (Lipinski definition) is 3. The smallest absolute Gasteiger partial charge is 0.0897 e. The predicted molar refractivity (Wildman–Crippen MR) is 85.8 cm³/mol. The highest BCUT2D eigenvalue weighted by molar-refractivity contribution is 7.09. The van der Waals surface area contributed by atoms with Crippen molar-refractivity contribution >= 4 is 11.3 Å². The van der Waals surface area contributed by atoms with Gasteiger partial charge in [-0.05, 0) is 26.7 Å². The average molecular weight is 282 g/mol. The van der Waals surface area contributed by atoms with E-state index >= 15 is 0 Å². The van der Waals surface area contributed by atoms with E-state index in [4.69, 9.17) is 0 Å². The highest BCUT2D eigenvalue weighted by atomic mass is 32.1. The fraction of sp³-hybridized carbons (Fsp3) is 0.812. The zero-order chi connectivity index (χ0) is 14.1. The maximum atomic E-state index is 4.54. The molecular formula is C16H30N2S. The second-order valence-corrected chi connectivity index (χ2v) is 6.89. The van der Waals surface area contributed by atoms with Gasteiger partial charge in [0.1, 0.15) is 0 Å². The number of aryl methyl sites for hydroxylation is 1. The van der Waals surface area contributed by atoms with Crippen molar-refractivity contribution in [3.05, 3.63) is 16.1 Å². The Morgan fingerprint density at radius 1 is 1.16 bits per heavy atom. The molecule has 0 aliphatic heterocycles. The normalized spacial score (nSPS) is 14.5.